The fourth-order valence-corrected chi connectivity index (χ4v) is 3.98. The number of carbonyl (C=O) groups is 1. The quantitative estimate of drug-likeness (QED) is 0.615. The van der Waals surface area contributed by atoms with Gasteiger partial charge in [0.1, 0.15) is 11.9 Å². The highest BCUT2D eigenvalue weighted by Crippen LogP contribution is 2.46. The van der Waals surface area contributed by atoms with E-state index >= 15 is 0 Å². The summed E-state index contributed by atoms with van der Waals surface area (Å²) in [7, 11) is 0. The predicted octanol–water partition coefficient (Wildman–Crippen LogP) is 4.45. The summed E-state index contributed by atoms with van der Waals surface area (Å²) >= 11 is 0. The van der Waals surface area contributed by atoms with Gasteiger partial charge in [0, 0.05) is 29.9 Å². The van der Waals surface area contributed by atoms with Crippen LogP contribution in [0.2, 0.25) is 0 Å². The number of aldehydes is 1. The monoisotopic (exact) mass is 308 g/mol. The van der Waals surface area contributed by atoms with Gasteiger partial charge in [-0.3, -0.25) is 4.79 Å². The molecule has 1 aliphatic heterocycles. The third-order valence-corrected chi connectivity index (χ3v) is 4.92. The van der Waals surface area contributed by atoms with Crippen LogP contribution in [0.5, 0.6) is 0 Å². The van der Waals surface area contributed by atoms with Gasteiger partial charge >= 0.3 is 0 Å². The number of carbonyl (C=O) groups excluding carboxylic acids is 1. The zero-order valence-corrected chi connectivity index (χ0v) is 14.3. The zero-order chi connectivity index (χ0) is 16.6. The highest BCUT2D eigenvalue weighted by Gasteiger charge is 2.38. The van der Waals surface area contributed by atoms with E-state index < -0.39 is 0 Å². The van der Waals surface area contributed by atoms with Crippen molar-refractivity contribution in [2.45, 2.75) is 33.4 Å². The molecule has 0 fully saturated rings. The van der Waals surface area contributed by atoms with E-state index in [9.17, 15) is 4.79 Å². The predicted molar refractivity (Wildman–Crippen MR) is 99.2 cm³/mol. The van der Waals surface area contributed by atoms with Crippen molar-refractivity contribution in [1.82, 2.24) is 0 Å². The lowest BCUT2D eigenvalue weighted by Gasteiger charge is -2.52. The van der Waals surface area contributed by atoms with Gasteiger partial charge in [0.15, 0.2) is 0 Å². The molecule has 0 aromatic heterocycles. The molecule has 0 spiro atoms. The Bertz CT molecular complexity index is 756. The molecule has 0 N–H and O–H groups in total. The van der Waals surface area contributed by atoms with E-state index in [2.05, 4.69) is 67.8 Å². The van der Waals surface area contributed by atoms with Crippen LogP contribution in [0, 0.1) is 0 Å². The number of anilines is 2. The topological polar surface area (TPSA) is 23.6 Å². The minimum atomic E-state index is -0.0645. The Labute approximate surface area is 138 Å². The molecule has 1 heterocycles. The largest absolute Gasteiger partial charge is 0.349 e. The molecule has 2 aromatic carbocycles. The molecule has 1 aliphatic rings. The molecule has 0 unspecified atom stereocenters. The summed E-state index contributed by atoms with van der Waals surface area (Å²) in [5, 5.41) is 2.48. The summed E-state index contributed by atoms with van der Waals surface area (Å²) in [4.78, 5) is 15.6. The molecular formula is C20H24N2O. The molecular weight excluding hydrogens is 284 g/mol. The van der Waals surface area contributed by atoms with Gasteiger partial charge in [-0.1, -0.05) is 24.3 Å². The Hall–Kier alpha value is -2.29. The molecule has 0 saturated heterocycles. The first-order valence-electron chi connectivity index (χ1n) is 8.29. The second kappa shape index (κ2) is 5.73. The van der Waals surface area contributed by atoms with E-state index in [1.165, 1.54) is 22.1 Å². The van der Waals surface area contributed by atoms with Gasteiger partial charge < -0.3 is 9.80 Å². The molecule has 0 amide bonds. The normalized spacial score (nSPS) is 16.3. The highest BCUT2D eigenvalue weighted by molar-refractivity contribution is 6.09. The number of nitrogens with zero attached hydrogens (tertiary/aromatic N) is 2. The van der Waals surface area contributed by atoms with E-state index in [-0.39, 0.29) is 5.66 Å². The van der Waals surface area contributed by atoms with E-state index in [1.54, 1.807) is 6.08 Å². The third-order valence-electron chi connectivity index (χ3n) is 4.92. The Morgan fingerprint density at radius 3 is 2.26 bits per heavy atom. The molecule has 0 aliphatic carbocycles. The SMILES string of the molecule is CCN1c2cccc3c(C=CC=O)ccc(c23)N(CC)C1(C)C. The van der Waals surface area contributed by atoms with Crippen molar-refractivity contribution in [3.63, 3.8) is 0 Å². The lowest BCUT2D eigenvalue weighted by atomic mass is 9.93. The standard InChI is InChI=1S/C20H24N2O/c1-5-21-17-11-7-10-16-15(9-8-14-23)12-13-18(19(16)17)22(6-2)20(21,3)4/h7-14H,5-6H2,1-4H3. The van der Waals surface area contributed by atoms with Crippen molar-refractivity contribution in [2.75, 3.05) is 22.9 Å². The smallest absolute Gasteiger partial charge is 0.142 e. The fraction of sp³-hybridized carbons (Fsp3) is 0.350. The minimum absolute atomic E-state index is 0.0645. The molecule has 0 saturated carbocycles. The maximum absolute atomic E-state index is 10.7. The number of rotatable bonds is 4. The summed E-state index contributed by atoms with van der Waals surface area (Å²) in [6, 6.07) is 10.8. The van der Waals surface area contributed by atoms with Crippen molar-refractivity contribution < 1.29 is 4.79 Å². The van der Waals surface area contributed by atoms with Crippen LogP contribution >= 0.6 is 0 Å². The second-order valence-corrected chi connectivity index (χ2v) is 6.35. The summed E-state index contributed by atoms with van der Waals surface area (Å²) in [5.74, 6) is 0. The van der Waals surface area contributed by atoms with Gasteiger partial charge in [-0.2, -0.15) is 0 Å². The maximum atomic E-state index is 10.7. The molecule has 3 nitrogen and oxygen atoms in total. The van der Waals surface area contributed by atoms with Gasteiger partial charge in [0.2, 0.25) is 0 Å². The fourth-order valence-electron chi connectivity index (χ4n) is 3.98. The maximum Gasteiger partial charge on any atom is 0.142 e. The van der Waals surface area contributed by atoms with Crippen molar-refractivity contribution in [3.05, 3.63) is 42.0 Å². The van der Waals surface area contributed by atoms with Crippen LogP contribution in [0.3, 0.4) is 0 Å². The molecule has 0 bridgehead atoms. The summed E-state index contributed by atoms with van der Waals surface area (Å²) in [6.07, 6.45) is 4.28. The van der Waals surface area contributed by atoms with Crippen LogP contribution in [0.25, 0.3) is 16.8 Å². The molecule has 120 valence electrons. The number of allylic oxidation sites excluding steroid dienone is 1. The van der Waals surface area contributed by atoms with E-state index in [0.29, 0.717) is 0 Å². The lowest BCUT2D eigenvalue weighted by Crippen LogP contribution is -2.59. The van der Waals surface area contributed by atoms with Crippen molar-refractivity contribution in [1.29, 1.82) is 0 Å². The van der Waals surface area contributed by atoms with Gasteiger partial charge in [0.25, 0.3) is 0 Å². The lowest BCUT2D eigenvalue weighted by molar-refractivity contribution is -0.104. The van der Waals surface area contributed by atoms with Crippen molar-refractivity contribution in [2.24, 2.45) is 0 Å². The minimum Gasteiger partial charge on any atom is -0.349 e. The average molecular weight is 308 g/mol. The van der Waals surface area contributed by atoms with Crippen LogP contribution in [0.1, 0.15) is 33.3 Å². The zero-order valence-electron chi connectivity index (χ0n) is 14.3. The van der Waals surface area contributed by atoms with Gasteiger partial charge in [-0.15, -0.1) is 0 Å². The van der Waals surface area contributed by atoms with Gasteiger partial charge in [-0.05, 0) is 56.9 Å². The summed E-state index contributed by atoms with van der Waals surface area (Å²) in [6.45, 7) is 10.9. The molecule has 3 heteroatoms. The van der Waals surface area contributed by atoms with Gasteiger partial charge in [0.05, 0.1) is 0 Å². The van der Waals surface area contributed by atoms with Gasteiger partial charge in [-0.25, -0.2) is 0 Å². The van der Waals surface area contributed by atoms with Crippen LogP contribution < -0.4 is 9.80 Å². The van der Waals surface area contributed by atoms with E-state index in [1.807, 2.05) is 6.08 Å². The first kappa shape index (κ1) is 15.6. The van der Waals surface area contributed by atoms with Crippen LogP contribution in [0.15, 0.2) is 36.4 Å². The summed E-state index contributed by atoms with van der Waals surface area (Å²) in [5.41, 5.74) is 3.57. The van der Waals surface area contributed by atoms with Crippen LogP contribution in [-0.2, 0) is 4.79 Å². The Morgan fingerprint density at radius 1 is 1.00 bits per heavy atom. The molecule has 0 radical (unpaired) electrons. The molecule has 23 heavy (non-hydrogen) atoms. The van der Waals surface area contributed by atoms with E-state index in [4.69, 9.17) is 0 Å². The van der Waals surface area contributed by atoms with Crippen molar-refractivity contribution in [3.8, 4) is 0 Å². The molecule has 3 rings (SSSR count). The Morgan fingerprint density at radius 2 is 1.65 bits per heavy atom. The average Bonchev–Trinajstić information content (AvgIpc) is 2.54. The second-order valence-electron chi connectivity index (χ2n) is 6.35. The first-order chi connectivity index (χ1) is 11.1. The highest BCUT2D eigenvalue weighted by atomic mass is 16.1. The third kappa shape index (κ3) is 2.23. The first-order valence-corrected chi connectivity index (χ1v) is 8.29. The van der Waals surface area contributed by atoms with Crippen molar-refractivity contribution >= 4 is 34.5 Å². The van der Waals surface area contributed by atoms with Crippen LogP contribution in [0.4, 0.5) is 11.4 Å². The van der Waals surface area contributed by atoms with Crippen LogP contribution in [-0.4, -0.2) is 25.0 Å². The summed E-state index contributed by atoms with van der Waals surface area (Å²) < 4.78 is 0. The Kier molecular flexibility index (Phi) is 3.88. The van der Waals surface area contributed by atoms with E-state index in [0.717, 1.165) is 24.9 Å². The molecule has 2 aromatic rings. The number of hydrogen-bond acceptors (Lipinski definition) is 3. The Balaban J connectivity index is 2.37. The number of benzene rings is 2. The molecule has 0 atom stereocenters. The number of hydrogen-bond donors (Lipinski definition) is 0.